The summed E-state index contributed by atoms with van der Waals surface area (Å²) >= 11 is 0. The van der Waals surface area contributed by atoms with Crippen LogP contribution in [0.5, 0.6) is 0 Å². The quantitative estimate of drug-likeness (QED) is 0.330. The second kappa shape index (κ2) is 13.8. The van der Waals surface area contributed by atoms with Gasteiger partial charge >= 0.3 is 0 Å². The predicted molar refractivity (Wildman–Crippen MR) is 92.5 cm³/mol. The van der Waals surface area contributed by atoms with Crippen molar-refractivity contribution < 1.29 is 9.47 Å². The van der Waals surface area contributed by atoms with Crippen molar-refractivity contribution in [3.05, 3.63) is 0 Å². The summed E-state index contributed by atoms with van der Waals surface area (Å²) < 4.78 is 11.0. The summed E-state index contributed by atoms with van der Waals surface area (Å²) in [6.45, 7) is 10.4. The number of hydrogen-bond acceptors (Lipinski definition) is 3. The zero-order valence-electron chi connectivity index (χ0n) is 14.5. The number of nitrogens with one attached hydrogen (secondary N) is 2. The molecule has 0 amide bonds. The van der Waals surface area contributed by atoms with Gasteiger partial charge in [0.25, 0.3) is 0 Å². The van der Waals surface area contributed by atoms with Gasteiger partial charge in [0.15, 0.2) is 5.96 Å². The number of unbranched alkanes of at least 4 members (excludes halogenated alkanes) is 3. The third kappa shape index (κ3) is 10.0. The van der Waals surface area contributed by atoms with Gasteiger partial charge in [-0.2, -0.15) is 0 Å². The average molecular weight is 313 g/mol. The Bertz CT molecular complexity index is 279. The van der Waals surface area contributed by atoms with E-state index in [4.69, 9.17) is 9.47 Å². The molecule has 5 heteroatoms. The Morgan fingerprint density at radius 2 is 2.09 bits per heavy atom. The maximum absolute atomic E-state index is 5.69. The van der Waals surface area contributed by atoms with Crippen LogP contribution in [-0.2, 0) is 9.47 Å². The van der Waals surface area contributed by atoms with Crippen molar-refractivity contribution in [3.63, 3.8) is 0 Å². The van der Waals surface area contributed by atoms with Crippen molar-refractivity contribution in [1.29, 1.82) is 0 Å². The number of aliphatic imine (C=N–C) groups is 1. The third-order valence-electron chi connectivity index (χ3n) is 3.76. The first kappa shape index (κ1) is 19.2. The zero-order chi connectivity index (χ0) is 15.9. The lowest BCUT2D eigenvalue weighted by Crippen LogP contribution is -2.37. The number of ether oxygens (including phenoxy) is 2. The van der Waals surface area contributed by atoms with Gasteiger partial charge in [-0.3, -0.25) is 4.99 Å². The number of guanidine groups is 1. The van der Waals surface area contributed by atoms with E-state index in [9.17, 15) is 0 Å². The monoisotopic (exact) mass is 313 g/mol. The summed E-state index contributed by atoms with van der Waals surface area (Å²) in [6, 6.07) is 0. The molecule has 0 aromatic rings. The molecule has 2 N–H and O–H groups in total. The Kier molecular flexibility index (Phi) is 12.1. The van der Waals surface area contributed by atoms with Gasteiger partial charge in [-0.15, -0.1) is 0 Å². The molecule has 0 bridgehead atoms. The van der Waals surface area contributed by atoms with Crippen molar-refractivity contribution in [1.82, 2.24) is 10.6 Å². The van der Waals surface area contributed by atoms with Gasteiger partial charge in [-0.05, 0) is 26.2 Å². The molecule has 1 unspecified atom stereocenters. The van der Waals surface area contributed by atoms with Crippen molar-refractivity contribution in [2.45, 2.75) is 52.4 Å². The zero-order valence-corrected chi connectivity index (χ0v) is 14.5. The largest absolute Gasteiger partial charge is 0.381 e. The molecular weight excluding hydrogens is 278 g/mol. The summed E-state index contributed by atoms with van der Waals surface area (Å²) in [5.74, 6) is 1.54. The molecule has 5 nitrogen and oxygen atoms in total. The van der Waals surface area contributed by atoms with Crippen molar-refractivity contribution in [2.75, 3.05) is 46.1 Å². The molecule has 0 aromatic carbocycles. The molecule has 1 fully saturated rings. The number of rotatable bonds is 12. The lowest BCUT2D eigenvalue weighted by atomic mass is 10.1. The fraction of sp³-hybridized carbons (Fsp3) is 0.941. The summed E-state index contributed by atoms with van der Waals surface area (Å²) in [5.41, 5.74) is 0. The molecule has 0 aromatic heterocycles. The first-order valence-corrected chi connectivity index (χ1v) is 9.04. The Hall–Kier alpha value is -0.810. The minimum absolute atomic E-state index is 0.602. The summed E-state index contributed by atoms with van der Waals surface area (Å²) in [4.78, 5) is 4.59. The van der Waals surface area contributed by atoms with Crippen LogP contribution in [0, 0.1) is 5.92 Å². The average Bonchev–Trinajstić information content (AvgIpc) is 3.03. The van der Waals surface area contributed by atoms with Crippen LogP contribution in [0.25, 0.3) is 0 Å². The highest BCUT2D eigenvalue weighted by Crippen LogP contribution is 2.12. The topological polar surface area (TPSA) is 54.9 Å². The molecule has 1 rings (SSSR count). The summed E-state index contributed by atoms with van der Waals surface area (Å²) in [5, 5.41) is 6.69. The fourth-order valence-electron chi connectivity index (χ4n) is 2.42. The molecule has 0 saturated carbocycles. The Labute approximate surface area is 136 Å². The van der Waals surface area contributed by atoms with Gasteiger partial charge in [-0.1, -0.05) is 26.2 Å². The van der Waals surface area contributed by atoms with Gasteiger partial charge in [0.05, 0.1) is 13.2 Å². The lowest BCUT2D eigenvalue weighted by Gasteiger charge is -2.11. The van der Waals surface area contributed by atoms with E-state index < -0.39 is 0 Å². The van der Waals surface area contributed by atoms with E-state index >= 15 is 0 Å². The van der Waals surface area contributed by atoms with Gasteiger partial charge in [-0.25, -0.2) is 0 Å². The predicted octanol–water partition coefficient (Wildman–Crippen LogP) is 2.57. The summed E-state index contributed by atoms with van der Waals surface area (Å²) in [6.07, 6.45) is 7.22. The van der Waals surface area contributed by atoms with Crippen LogP contribution in [0.3, 0.4) is 0 Å². The summed E-state index contributed by atoms with van der Waals surface area (Å²) in [7, 11) is 0. The van der Waals surface area contributed by atoms with Crippen LogP contribution < -0.4 is 10.6 Å². The third-order valence-corrected chi connectivity index (χ3v) is 3.76. The SMILES string of the molecule is CCCCCCNC(=NCCCOCC1CCOC1)NCC. The minimum Gasteiger partial charge on any atom is -0.381 e. The molecular formula is C17H35N3O2. The van der Waals surface area contributed by atoms with Crippen LogP contribution in [0.4, 0.5) is 0 Å². The fourth-order valence-corrected chi connectivity index (χ4v) is 2.42. The van der Waals surface area contributed by atoms with E-state index in [-0.39, 0.29) is 0 Å². The Morgan fingerprint density at radius 3 is 2.82 bits per heavy atom. The highest BCUT2D eigenvalue weighted by atomic mass is 16.5. The number of nitrogens with zero attached hydrogens (tertiary/aromatic N) is 1. The second-order valence-corrected chi connectivity index (χ2v) is 5.91. The van der Waals surface area contributed by atoms with E-state index in [1.165, 1.54) is 25.7 Å². The lowest BCUT2D eigenvalue weighted by molar-refractivity contribution is 0.0893. The van der Waals surface area contributed by atoms with Crippen LogP contribution in [-0.4, -0.2) is 52.0 Å². The van der Waals surface area contributed by atoms with E-state index in [1.54, 1.807) is 0 Å². The van der Waals surface area contributed by atoms with Crippen LogP contribution >= 0.6 is 0 Å². The molecule has 1 aliphatic heterocycles. The van der Waals surface area contributed by atoms with Gasteiger partial charge in [0.1, 0.15) is 0 Å². The van der Waals surface area contributed by atoms with Crippen molar-refractivity contribution in [2.24, 2.45) is 10.9 Å². The highest BCUT2D eigenvalue weighted by Gasteiger charge is 2.14. The smallest absolute Gasteiger partial charge is 0.191 e. The maximum Gasteiger partial charge on any atom is 0.191 e. The molecule has 130 valence electrons. The molecule has 22 heavy (non-hydrogen) atoms. The minimum atomic E-state index is 0.602. The molecule has 0 aliphatic carbocycles. The molecule has 1 aliphatic rings. The molecule has 0 spiro atoms. The molecule has 0 radical (unpaired) electrons. The van der Waals surface area contributed by atoms with E-state index in [1.807, 2.05) is 0 Å². The Balaban J connectivity index is 2.02. The van der Waals surface area contributed by atoms with Crippen LogP contribution in [0.2, 0.25) is 0 Å². The van der Waals surface area contributed by atoms with Gasteiger partial charge in [0, 0.05) is 38.8 Å². The first-order chi connectivity index (χ1) is 10.9. The normalized spacial score (nSPS) is 18.6. The van der Waals surface area contributed by atoms with E-state index in [0.717, 1.165) is 64.9 Å². The van der Waals surface area contributed by atoms with E-state index in [0.29, 0.717) is 5.92 Å². The standard InChI is InChI=1S/C17H35N3O2/c1-3-5-6-7-10-19-17(18-4-2)20-11-8-12-21-14-16-9-13-22-15-16/h16H,3-15H2,1-2H3,(H2,18,19,20). The maximum atomic E-state index is 5.69. The van der Waals surface area contributed by atoms with Gasteiger partial charge < -0.3 is 20.1 Å². The number of hydrogen-bond donors (Lipinski definition) is 2. The first-order valence-electron chi connectivity index (χ1n) is 9.04. The van der Waals surface area contributed by atoms with Crippen molar-refractivity contribution in [3.8, 4) is 0 Å². The van der Waals surface area contributed by atoms with Crippen LogP contribution in [0.15, 0.2) is 4.99 Å². The Morgan fingerprint density at radius 1 is 1.18 bits per heavy atom. The molecule has 1 atom stereocenters. The van der Waals surface area contributed by atoms with Crippen LogP contribution in [0.1, 0.15) is 52.4 Å². The van der Waals surface area contributed by atoms with E-state index in [2.05, 4.69) is 29.5 Å². The highest BCUT2D eigenvalue weighted by molar-refractivity contribution is 5.79. The molecule has 1 heterocycles. The van der Waals surface area contributed by atoms with Crippen molar-refractivity contribution >= 4 is 5.96 Å². The molecule has 1 saturated heterocycles. The second-order valence-electron chi connectivity index (χ2n) is 5.91. The van der Waals surface area contributed by atoms with Gasteiger partial charge in [0.2, 0.25) is 0 Å².